The van der Waals surface area contributed by atoms with E-state index in [9.17, 15) is 8.78 Å². The maximum absolute atomic E-state index is 13.6. The summed E-state index contributed by atoms with van der Waals surface area (Å²) in [6.45, 7) is 8.04. The molecule has 0 N–H and O–H groups in total. The minimum atomic E-state index is -2.55. The van der Waals surface area contributed by atoms with E-state index in [1.165, 1.54) is 0 Å². The largest absolute Gasteiger partial charge is 0.494 e. The van der Waals surface area contributed by atoms with Crippen LogP contribution in [0, 0.1) is 0 Å². The zero-order valence-electron chi connectivity index (χ0n) is 13.7. The number of aryl methyl sites for hydroxylation is 2. The Morgan fingerprint density at radius 3 is 2.05 bits per heavy atom. The first-order valence-electron chi connectivity index (χ1n) is 7.95. The van der Waals surface area contributed by atoms with Crippen LogP contribution in [0.2, 0.25) is 0 Å². The monoisotopic (exact) mass is 308 g/mol. The second-order valence-corrected chi connectivity index (χ2v) is 7.47. The average molecular weight is 308 g/mol. The zero-order valence-corrected chi connectivity index (χ0v) is 13.7. The Morgan fingerprint density at radius 2 is 1.45 bits per heavy atom. The number of alkyl halides is 2. The number of benzene rings is 1. The van der Waals surface area contributed by atoms with E-state index in [-0.39, 0.29) is 12.8 Å². The minimum Gasteiger partial charge on any atom is -0.399 e. The van der Waals surface area contributed by atoms with E-state index in [2.05, 4.69) is 0 Å². The van der Waals surface area contributed by atoms with Gasteiger partial charge in [-0.1, -0.05) is 18.2 Å². The lowest BCUT2D eigenvalue weighted by molar-refractivity contribution is -0.0130. The molecule has 1 aromatic carbocycles. The van der Waals surface area contributed by atoms with Gasteiger partial charge in [0.25, 0.3) is 0 Å². The molecule has 3 rings (SSSR count). The van der Waals surface area contributed by atoms with Gasteiger partial charge in [0, 0.05) is 12.8 Å². The van der Waals surface area contributed by atoms with Crippen molar-refractivity contribution in [3.63, 3.8) is 0 Å². The lowest BCUT2D eigenvalue weighted by Gasteiger charge is -2.32. The van der Waals surface area contributed by atoms with Crippen LogP contribution in [0.15, 0.2) is 18.2 Å². The van der Waals surface area contributed by atoms with Crippen LogP contribution in [0.3, 0.4) is 0 Å². The van der Waals surface area contributed by atoms with Crippen LogP contribution in [0.25, 0.3) is 0 Å². The smallest absolute Gasteiger partial charge is 0.399 e. The van der Waals surface area contributed by atoms with Gasteiger partial charge in [0.2, 0.25) is 5.92 Å². The van der Waals surface area contributed by atoms with E-state index in [1.54, 1.807) is 0 Å². The summed E-state index contributed by atoms with van der Waals surface area (Å²) < 4.78 is 39.3. The Labute approximate surface area is 131 Å². The Bertz CT molecular complexity index is 568. The summed E-state index contributed by atoms with van der Waals surface area (Å²) in [6, 6.07) is 5.89. The summed E-state index contributed by atoms with van der Waals surface area (Å²) in [7, 11) is -0.431. The fraction of sp³-hybridized carbons (Fsp3) is 0.647. The molecule has 1 fully saturated rings. The third-order valence-electron chi connectivity index (χ3n) is 5.28. The summed E-state index contributed by atoms with van der Waals surface area (Å²) in [6.07, 6.45) is 0.713. The second kappa shape index (κ2) is 5.03. The van der Waals surface area contributed by atoms with E-state index in [0.29, 0.717) is 12.8 Å². The predicted octanol–water partition coefficient (Wildman–Crippen LogP) is 3.50. The van der Waals surface area contributed by atoms with E-state index in [0.717, 1.165) is 16.6 Å². The molecular formula is C17H23BF2O2. The Morgan fingerprint density at radius 1 is 0.909 bits per heavy atom. The third kappa shape index (κ3) is 2.81. The van der Waals surface area contributed by atoms with Crippen molar-refractivity contribution in [2.75, 3.05) is 0 Å². The van der Waals surface area contributed by atoms with Crippen molar-refractivity contribution in [3.8, 4) is 0 Å². The molecule has 0 amide bonds. The van der Waals surface area contributed by atoms with Crippen molar-refractivity contribution in [2.45, 2.75) is 70.5 Å². The molecule has 1 heterocycles. The summed E-state index contributed by atoms with van der Waals surface area (Å²) in [5.41, 5.74) is 2.17. The van der Waals surface area contributed by atoms with Gasteiger partial charge in [0.15, 0.2) is 0 Å². The van der Waals surface area contributed by atoms with Gasteiger partial charge in [-0.15, -0.1) is 0 Å². The normalized spacial score (nSPS) is 25.6. The topological polar surface area (TPSA) is 18.5 Å². The van der Waals surface area contributed by atoms with E-state index >= 15 is 0 Å². The molecule has 0 spiro atoms. The Kier molecular flexibility index (Phi) is 3.65. The first kappa shape index (κ1) is 15.9. The lowest BCUT2D eigenvalue weighted by Crippen LogP contribution is -2.41. The molecule has 22 heavy (non-hydrogen) atoms. The molecule has 2 nitrogen and oxygen atoms in total. The Hall–Kier alpha value is -0.935. The molecule has 5 heteroatoms. The molecule has 0 bridgehead atoms. The molecule has 1 aliphatic heterocycles. The predicted molar refractivity (Wildman–Crippen MR) is 83.7 cm³/mol. The van der Waals surface area contributed by atoms with Gasteiger partial charge in [0.1, 0.15) is 0 Å². The molecule has 2 aliphatic rings. The fourth-order valence-corrected chi connectivity index (χ4v) is 3.01. The molecule has 0 saturated carbocycles. The van der Waals surface area contributed by atoms with Gasteiger partial charge in [-0.3, -0.25) is 0 Å². The number of fused-ring (bicyclic) bond motifs is 1. The Balaban J connectivity index is 1.85. The molecular weight excluding hydrogens is 285 g/mol. The highest BCUT2D eigenvalue weighted by Crippen LogP contribution is 2.37. The molecule has 120 valence electrons. The van der Waals surface area contributed by atoms with Crippen LogP contribution in [0.1, 0.15) is 51.7 Å². The van der Waals surface area contributed by atoms with Gasteiger partial charge in [0.05, 0.1) is 11.2 Å². The van der Waals surface area contributed by atoms with Crippen LogP contribution in [-0.2, 0) is 22.2 Å². The minimum absolute atomic E-state index is 0.0597. The van der Waals surface area contributed by atoms with Gasteiger partial charge in [-0.05, 0) is 57.1 Å². The van der Waals surface area contributed by atoms with E-state index in [1.807, 2.05) is 45.9 Å². The van der Waals surface area contributed by atoms with E-state index < -0.39 is 24.2 Å². The highest BCUT2D eigenvalue weighted by molar-refractivity contribution is 6.62. The summed E-state index contributed by atoms with van der Waals surface area (Å²) in [4.78, 5) is 0. The van der Waals surface area contributed by atoms with Gasteiger partial charge < -0.3 is 9.31 Å². The van der Waals surface area contributed by atoms with Crippen molar-refractivity contribution in [1.82, 2.24) is 0 Å². The van der Waals surface area contributed by atoms with Gasteiger partial charge >= 0.3 is 7.12 Å². The van der Waals surface area contributed by atoms with Crippen molar-refractivity contribution in [2.24, 2.45) is 0 Å². The molecule has 1 aromatic rings. The molecule has 0 radical (unpaired) electrons. The number of hydrogen-bond acceptors (Lipinski definition) is 2. The van der Waals surface area contributed by atoms with Crippen molar-refractivity contribution >= 4 is 12.6 Å². The first-order chi connectivity index (χ1) is 10.1. The first-order valence-corrected chi connectivity index (χ1v) is 7.95. The molecule has 0 atom stereocenters. The second-order valence-electron chi connectivity index (χ2n) is 7.47. The number of rotatable bonds is 1. The highest BCUT2D eigenvalue weighted by atomic mass is 19.3. The van der Waals surface area contributed by atoms with Crippen molar-refractivity contribution < 1.29 is 18.1 Å². The molecule has 0 unspecified atom stereocenters. The summed E-state index contributed by atoms with van der Waals surface area (Å²) in [5, 5.41) is 0. The van der Waals surface area contributed by atoms with Crippen molar-refractivity contribution in [1.29, 1.82) is 0 Å². The van der Waals surface area contributed by atoms with E-state index in [4.69, 9.17) is 9.31 Å². The summed E-state index contributed by atoms with van der Waals surface area (Å²) >= 11 is 0. The van der Waals surface area contributed by atoms with Crippen LogP contribution in [-0.4, -0.2) is 24.2 Å². The molecule has 1 aliphatic carbocycles. The standard InChI is InChI=1S/C17H23BF2O2/c1-15(2)16(3,4)22-18(21-15)14-6-5-12-7-9-17(19,20)10-8-13(12)11-14/h5-6,11H,7-10H2,1-4H3. The van der Waals surface area contributed by atoms with Crippen LogP contribution >= 0.6 is 0 Å². The summed E-state index contributed by atoms with van der Waals surface area (Å²) in [5.74, 6) is -2.55. The quantitative estimate of drug-likeness (QED) is 0.584. The van der Waals surface area contributed by atoms with Crippen molar-refractivity contribution in [3.05, 3.63) is 29.3 Å². The SMILES string of the molecule is CC1(C)OB(c2ccc3c(c2)CCC(F)(F)CC3)OC1(C)C. The fourth-order valence-electron chi connectivity index (χ4n) is 3.01. The van der Waals surface area contributed by atoms with Crippen LogP contribution in [0.5, 0.6) is 0 Å². The maximum Gasteiger partial charge on any atom is 0.494 e. The number of halogens is 2. The number of hydrogen-bond donors (Lipinski definition) is 0. The van der Waals surface area contributed by atoms with Crippen LogP contribution < -0.4 is 5.46 Å². The highest BCUT2D eigenvalue weighted by Gasteiger charge is 2.51. The molecule has 0 aromatic heterocycles. The molecule has 1 saturated heterocycles. The lowest BCUT2D eigenvalue weighted by atomic mass is 9.77. The maximum atomic E-state index is 13.6. The van der Waals surface area contributed by atoms with Crippen LogP contribution in [0.4, 0.5) is 8.78 Å². The zero-order chi connectivity index (χ0) is 16.2. The van der Waals surface area contributed by atoms with Gasteiger partial charge in [-0.2, -0.15) is 0 Å². The van der Waals surface area contributed by atoms with Gasteiger partial charge in [-0.25, -0.2) is 8.78 Å². The average Bonchev–Trinajstić information content (AvgIpc) is 2.55. The third-order valence-corrected chi connectivity index (χ3v) is 5.28.